The Morgan fingerprint density at radius 3 is 2.85 bits per heavy atom. The maximum atomic E-state index is 5.74. The van der Waals surface area contributed by atoms with E-state index in [1.807, 2.05) is 10.7 Å². The number of hydrogen-bond donors (Lipinski definition) is 2. The molecule has 1 atom stereocenters. The van der Waals surface area contributed by atoms with Crippen LogP contribution >= 0.6 is 38.5 Å². The third-order valence-corrected chi connectivity index (χ3v) is 4.45. The molecule has 0 saturated heterocycles. The third-order valence-electron chi connectivity index (χ3n) is 3.06. The first-order valence-corrected chi connectivity index (χ1v) is 8.19. The van der Waals surface area contributed by atoms with Crippen LogP contribution in [0.25, 0.3) is 0 Å². The van der Waals surface area contributed by atoms with Crippen LogP contribution in [0, 0.1) is 3.57 Å². The van der Waals surface area contributed by atoms with Crippen LogP contribution in [0.15, 0.2) is 29.0 Å². The van der Waals surface area contributed by atoms with Gasteiger partial charge in [0.2, 0.25) is 0 Å². The Hall–Kier alpha value is -0.510. The van der Waals surface area contributed by atoms with Gasteiger partial charge in [0.1, 0.15) is 12.2 Å². The maximum absolute atomic E-state index is 5.74. The Labute approximate surface area is 140 Å². The van der Waals surface area contributed by atoms with Gasteiger partial charge < -0.3 is 0 Å². The normalized spacial score (nSPS) is 12.9. The molecular formula is C13H17BrIN5. The predicted octanol–water partition coefficient (Wildman–Crippen LogP) is 2.97. The van der Waals surface area contributed by atoms with Gasteiger partial charge in [0.25, 0.3) is 0 Å². The van der Waals surface area contributed by atoms with Crippen molar-refractivity contribution in [3.63, 3.8) is 0 Å². The van der Waals surface area contributed by atoms with E-state index in [-0.39, 0.29) is 12.1 Å². The van der Waals surface area contributed by atoms with Crippen LogP contribution < -0.4 is 11.3 Å². The number of rotatable bonds is 5. The lowest BCUT2D eigenvalue weighted by Crippen LogP contribution is -2.31. The summed E-state index contributed by atoms with van der Waals surface area (Å²) in [5, 5.41) is 4.26. The van der Waals surface area contributed by atoms with Crippen LogP contribution in [0.2, 0.25) is 0 Å². The first-order chi connectivity index (χ1) is 9.52. The summed E-state index contributed by atoms with van der Waals surface area (Å²) >= 11 is 5.88. The van der Waals surface area contributed by atoms with Gasteiger partial charge in [0.15, 0.2) is 0 Å². The molecule has 0 spiro atoms. The van der Waals surface area contributed by atoms with E-state index in [0.29, 0.717) is 6.42 Å². The van der Waals surface area contributed by atoms with E-state index in [2.05, 4.69) is 80.0 Å². The second kappa shape index (κ2) is 6.97. The summed E-state index contributed by atoms with van der Waals surface area (Å²) in [6.07, 6.45) is 2.28. The van der Waals surface area contributed by atoms with Crippen LogP contribution in [-0.4, -0.2) is 14.8 Å². The van der Waals surface area contributed by atoms with Gasteiger partial charge in [0, 0.05) is 20.5 Å². The molecule has 1 unspecified atom stereocenters. The van der Waals surface area contributed by atoms with Crippen LogP contribution in [-0.2, 0) is 6.42 Å². The maximum Gasteiger partial charge on any atom is 0.138 e. The van der Waals surface area contributed by atoms with Crippen molar-refractivity contribution in [1.82, 2.24) is 20.2 Å². The highest BCUT2D eigenvalue weighted by atomic mass is 127. The molecule has 0 bridgehead atoms. The van der Waals surface area contributed by atoms with Gasteiger partial charge in [-0.25, -0.2) is 9.67 Å². The molecule has 5 nitrogen and oxygen atoms in total. The molecule has 20 heavy (non-hydrogen) atoms. The SMILES string of the molecule is CC(C)n1ncnc1CC(NN)c1cc(I)ccc1Br. The monoisotopic (exact) mass is 449 g/mol. The minimum atomic E-state index is -0.0132. The first kappa shape index (κ1) is 15.9. The first-order valence-electron chi connectivity index (χ1n) is 6.32. The zero-order valence-corrected chi connectivity index (χ0v) is 15.1. The molecule has 1 heterocycles. The van der Waals surface area contributed by atoms with Gasteiger partial charge in [0.05, 0.1) is 6.04 Å². The van der Waals surface area contributed by atoms with Crippen molar-refractivity contribution in [2.45, 2.75) is 32.4 Å². The Bertz CT molecular complexity index is 584. The van der Waals surface area contributed by atoms with E-state index in [1.165, 1.54) is 3.57 Å². The zero-order valence-electron chi connectivity index (χ0n) is 11.3. The lowest BCUT2D eigenvalue weighted by molar-refractivity contribution is 0.468. The van der Waals surface area contributed by atoms with Gasteiger partial charge in [-0.2, -0.15) is 5.10 Å². The molecule has 7 heteroatoms. The summed E-state index contributed by atoms with van der Waals surface area (Å²) in [4.78, 5) is 4.34. The molecule has 108 valence electrons. The van der Waals surface area contributed by atoms with Crippen molar-refractivity contribution in [2.24, 2.45) is 5.84 Å². The fourth-order valence-corrected chi connectivity index (χ4v) is 3.11. The van der Waals surface area contributed by atoms with Gasteiger partial charge in [-0.15, -0.1) is 0 Å². The lowest BCUT2D eigenvalue weighted by atomic mass is 10.0. The molecular weight excluding hydrogens is 433 g/mol. The Kier molecular flexibility index (Phi) is 5.53. The van der Waals surface area contributed by atoms with Crippen molar-refractivity contribution >= 4 is 38.5 Å². The second-order valence-corrected chi connectivity index (χ2v) is 6.90. The highest BCUT2D eigenvalue weighted by Gasteiger charge is 2.18. The number of hydrogen-bond acceptors (Lipinski definition) is 4. The van der Waals surface area contributed by atoms with E-state index in [4.69, 9.17) is 5.84 Å². The summed E-state index contributed by atoms with van der Waals surface area (Å²) < 4.78 is 4.13. The van der Waals surface area contributed by atoms with Gasteiger partial charge >= 0.3 is 0 Å². The third kappa shape index (κ3) is 3.57. The van der Waals surface area contributed by atoms with Crippen molar-refractivity contribution < 1.29 is 0 Å². The summed E-state index contributed by atoms with van der Waals surface area (Å²) in [5.74, 6) is 6.66. The highest BCUT2D eigenvalue weighted by molar-refractivity contribution is 14.1. The molecule has 2 aromatic rings. The summed E-state index contributed by atoms with van der Waals surface area (Å²) in [6.45, 7) is 4.18. The molecule has 0 aliphatic rings. The number of nitrogens with one attached hydrogen (secondary N) is 1. The van der Waals surface area contributed by atoms with Crippen LogP contribution in [0.4, 0.5) is 0 Å². The Balaban J connectivity index is 2.29. The minimum absolute atomic E-state index is 0.0132. The molecule has 1 aromatic carbocycles. The smallest absolute Gasteiger partial charge is 0.138 e. The molecule has 0 aliphatic heterocycles. The van der Waals surface area contributed by atoms with Gasteiger partial charge in [-0.05, 0) is 60.2 Å². The van der Waals surface area contributed by atoms with Crippen molar-refractivity contribution in [2.75, 3.05) is 0 Å². The molecule has 2 rings (SSSR count). The molecule has 0 radical (unpaired) electrons. The standard InChI is InChI=1S/C13H17BrIN5/c1-8(2)20-13(17-7-18-20)6-12(19-16)10-5-9(15)3-4-11(10)14/h3-5,7-8,12,19H,6,16H2,1-2H3. The van der Waals surface area contributed by atoms with E-state index in [1.54, 1.807) is 6.33 Å². The summed E-state index contributed by atoms with van der Waals surface area (Å²) in [7, 11) is 0. The minimum Gasteiger partial charge on any atom is -0.271 e. The number of hydrazine groups is 1. The molecule has 0 fully saturated rings. The van der Waals surface area contributed by atoms with Crippen LogP contribution in [0.3, 0.4) is 0 Å². The second-order valence-electron chi connectivity index (χ2n) is 4.80. The summed E-state index contributed by atoms with van der Waals surface area (Å²) in [6, 6.07) is 6.48. The molecule has 1 aromatic heterocycles. The van der Waals surface area contributed by atoms with Crippen molar-refractivity contribution in [3.05, 3.63) is 44.0 Å². The number of halogens is 2. The van der Waals surface area contributed by atoms with Crippen molar-refractivity contribution in [3.8, 4) is 0 Å². The highest BCUT2D eigenvalue weighted by Crippen LogP contribution is 2.27. The number of nitrogens with two attached hydrogens (primary N) is 1. The molecule has 0 aliphatic carbocycles. The van der Waals surface area contributed by atoms with Crippen molar-refractivity contribution in [1.29, 1.82) is 0 Å². The largest absolute Gasteiger partial charge is 0.271 e. The lowest BCUT2D eigenvalue weighted by Gasteiger charge is -2.19. The molecule has 0 amide bonds. The molecule has 0 saturated carbocycles. The van der Waals surface area contributed by atoms with Gasteiger partial charge in [-0.3, -0.25) is 11.3 Å². The number of nitrogens with zero attached hydrogens (tertiary/aromatic N) is 3. The van der Waals surface area contributed by atoms with Gasteiger partial charge in [-0.1, -0.05) is 15.9 Å². The molecule has 3 N–H and O–H groups in total. The average Bonchev–Trinajstić information content (AvgIpc) is 2.87. The number of aromatic nitrogens is 3. The average molecular weight is 450 g/mol. The topological polar surface area (TPSA) is 68.8 Å². The fourth-order valence-electron chi connectivity index (χ4n) is 2.07. The number of benzene rings is 1. The zero-order chi connectivity index (χ0) is 14.7. The fraction of sp³-hybridized carbons (Fsp3) is 0.385. The van der Waals surface area contributed by atoms with Crippen LogP contribution in [0.5, 0.6) is 0 Å². The Morgan fingerprint density at radius 1 is 1.45 bits per heavy atom. The van der Waals surface area contributed by atoms with E-state index in [9.17, 15) is 0 Å². The Morgan fingerprint density at radius 2 is 2.20 bits per heavy atom. The van der Waals surface area contributed by atoms with E-state index >= 15 is 0 Å². The van der Waals surface area contributed by atoms with Crippen LogP contribution in [0.1, 0.15) is 37.3 Å². The summed E-state index contributed by atoms with van der Waals surface area (Å²) in [5.41, 5.74) is 4.00. The van der Waals surface area contributed by atoms with E-state index in [0.717, 1.165) is 15.9 Å². The van der Waals surface area contributed by atoms with E-state index < -0.39 is 0 Å². The quantitative estimate of drug-likeness (QED) is 0.418. The predicted molar refractivity (Wildman–Crippen MR) is 91.0 cm³/mol.